The number of fused-ring (bicyclic) bond motifs is 2. The van der Waals surface area contributed by atoms with Crippen LogP contribution in [0.25, 0.3) is 0 Å². The average Bonchev–Trinajstić information content (AvgIpc) is 2.09. The lowest BCUT2D eigenvalue weighted by molar-refractivity contribution is -0.142. The largest absolute Gasteiger partial charge is 0.458 e. The van der Waals surface area contributed by atoms with E-state index in [4.69, 9.17) is 4.74 Å². The minimum absolute atomic E-state index is 0.00926. The highest BCUT2D eigenvalue weighted by Gasteiger charge is 2.34. The highest BCUT2D eigenvalue weighted by Crippen LogP contribution is 2.29. The smallest absolute Gasteiger partial charge is 0.309 e. The van der Waals surface area contributed by atoms with E-state index < -0.39 is 0 Å². The third-order valence-corrected chi connectivity index (χ3v) is 1.89. The maximum atomic E-state index is 10.8. The van der Waals surface area contributed by atoms with Gasteiger partial charge in [-0.15, -0.1) is 0 Å². The summed E-state index contributed by atoms with van der Waals surface area (Å²) in [7, 11) is 0. The lowest BCUT2D eigenvalue weighted by Gasteiger charge is -2.04. The highest BCUT2D eigenvalue weighted by molar-refractivity contribution is 5.75. The first-order valence-electron chi connectivity index (χ1n) is 3.23. The van der Waals surface area contributed by atoms with Crippen LogP contribution in [0.2, 0.25) is 0 Å². The molecule has 2 heteroatoms. The zero-order chi connectivity index (χ0) is 6.27. The molecule has 2 rings (SSSR count). The summed E-state index contributed by atoms with van der Waals surface area (Å²) in [6.07, 6.45) is 5.91. The fourth-order valence-electron chi connectivity index (χ4n) is 1.38. The van der Waals surface area contributed by atoms with E-state index in [2.05, 4.69) is 0 Å². The molecule has 1 heterocycles. The molecule has 2 aliphatic rings. The molecule has 9 heavy (non-hydrogen) atoms. The Bertz CT molecular complexity index is 172. The lowest BCUT2D eigenvalue weighted by atomic mass is 9.96. The van der Waals surface area contributed by atoms with Gasteiger partial charge in [0, 0.05) is 6.42 Å². The Balaban J connectivity index is 2.26. The molecule has 1 aliphatic heterocycles. The van der Waals surface area contributed by atoms with Crippen molar-refractivity contribution in [3.63, 3.8) is 0 Å². The molecule has 1 aliphatic carbocycles. The van der Waals surface area contributed by atoms with Crippen LogP contribution in [0.15, 0.2) is 12.2 Å². The second-order valence-electron chi connectivity index (χ2n) is 2.57. The van der Waals surface area contributed by atoms with Crippen molar-refractivity contribution in [1.29, 1.82) is 0 Å². The molecular weight excluding hydrogens is 116 g/mol. The normalized spacial score (nSPS) is 38.9. The Hall–Kier alpha value is -0.790. The van der Waals surface area contributed by atoms with Gasteiger partial charge in [-0.25, -0.2) is 0 Å². The summed E-state index contributed by atoms with van der Waals surface area (Å²) in [6, 6.07) is 0. The zero-order valence-corrected chi connectivity index (χ0v) is 5.04. The molecule has 0 N–H and O–H groups in total. The van der Waals surface area contributed by atoms with Crippen molar-refractivity contribution in [3.05, 3.63) is 12.2 Å². The van der Waals surface area contributed by atoms with Crippen molar-refractivity contribution in [3.8, 4) is 0 Å². The molecule has 0 aromatic heterocycles. The molecule has 2 bridgehead atoms. The number of esters is 1. The SMILES string of the molecule is O=C1O[C@H]2C=CC[C@H]1C2. The number of carbonyl (C=O) groups excluding carboxylic acids is 1. The molecule has 1 saturated heterocycles. The van der Waals surface area contributed by atoms with Gasteiger partial charge in [0.05, 0.1) is 5.92 Å². The predicted molar refractivity (Wildman–Crippen MR) is 31.7 cm³/mol. The van der Waals surface area contributed by atoms with Crippen LogP contribution in [0, 0.1) is 5.92 Å². The third-order valence-electron chi connectivity index (χ3n) is 1.89. The number of rotatable bonds is 0. The Kier molecular flexibility index (Phi) is 0.891. The van der Waals surface area contributed by atoms with Crippen molar-refractivity contribution in [1.82, 2.24) is 0 Å². The van der Waals surface area contributed by atoms with E-state index >= 15 is 0 Å². The molecule has 0 saturated carbocycles. The van der Waals surface area contributed by atoms with Gasteiger partial charge in [0.2, 0.25) is 0 Å². The van der Waals surface area contributed by atoms with E-state index in [1.165, 1.54) is 0 Å². The van der Waals surface area contributed by atoms with E-state index in [9.17, 15) is 4.79 Å². The second-order valence-corrected chi connectivity index (χ2v) is 2.57. The van der Waals surface area contributed by atoms with Gasteiger partial charge in [0.25, 0.3) is 0 Å². The summed E-state index contributed by atoms with van der Waals surface area (Å²) < 4.78 is 4.96. The zero-order valence-electron chi connectivity index (χ0n) is 5.04. The van der Waals surface area contributed by atoms with E-state index in [0.717, 1.165) is 12.8 Å². The average molecular weight is 124 g/mol. The monoisotopic (exact) mass is 124 g/mol. The van der Waals surface area contributed by atoms with Crippen LogP contribution in [0.5, 0.6) is 0 Å². The van der Waals surface area contributed by atoms with Crippen molar-refractivity contribution in [2.75, 3.05) is 0 Å². The molecule has 1 fully saturated rings. The van der Waals surface area contributed by atoms with Crippen LogP contribution < -0.4 is 0 Å². The molecule has 0 aromatic carbocycles. The summed E-state index contributed by atoms with van der Waals surface area (Å²) in [6.45, 7) is 0. The standard InChI is InChI=1S/C7H8O2/c8-7-5-2-1-3-6(4-5)9-7/h1,3,5-6H,2,4H2/t5-,6-/m0/s1. The lowest BCUT2D eigenvalue weighted by Crippen LogP contribution is -2.05. The maximum absolute atomic E-state index is 10.8. The van der Waals surface area contributed by atoms with Crippen molar-refractivity contribution in [2.45, 2.75) is 18.9 Å². The van der Waals surface area contributed by atoms with E-state index in [-0.39, 0.29) is 18.0 Å². The van der Waals surface area contributed by atoms with Gasteiger partial charge in [-0.1, -0.05) is 6.08 Å². The Morgan fingerprint density at radius 2 is 2.56 bits per heavy atom. The first-order chi connectivity index (χ1) is 4.36. The summed E-state index contributed by atoms with van der Waals surface area (Å²) in [5.41, 5.74) is 0. The van der Waals surface area contributed by atoms with E-state index in [1.807, 2.05) is 12.2 Å². The third kappa shape index (κ3) is 0.661. The molecule has 0 spiro atoms. The highest BCUT2D eigenvalue weighted by atomic mass is 16.5. The Labute approximate surface area is 53.5 Å². The van der Waals surface area contributed by atoms with Gasteiger partial charge in [0.15, 0.2) is 0 Å². The van der Waals surface area contributed by atoms with Crippen LogP contribution in [-0.2, 0) is 9.53 Å². The van der Waals surface area contributed by atoms with Gasteiger partial charge < -0.3 is 4.74 Å². The van der Waals surface area contributed by atoms with Gasteiger partial charge in [-0.05, 0) is 12.5 Å². The number of carbonyl (C=O) groups is 1. The van der Waals surface area contributed by atoms with Crippen molar-refractivity contribution < 1.29 is 9.53 Å². The van der Waals surface area contributed by atoms with Crippen LogP contribution in [0.3, 0.4) is 0 Å². The Morgan fingerprint density at radius 1 is 1.67 bits per heavy atom. The molecule has 48 valence electrons. The maximum Gasteiger partial charge on any atom is 0.309 e. The van der Waals surface area contributed by atoms with Crippen molar-refractivity contribution >= 4 is 5.97 Å². The molecular formula is C7H8O2. The first kappa shape index (κ1) is 5.03. The van der Waals surface area contributed by atoms with Crippen LogP contribution in [0.4, 0.5) is 0 Å². The van der Waals surface area contributed by atoms with Crippen LogP contribution in [-0.4, -0.2) is 12.1 Å². The number of hydrogen-bond acceptors (Lipinski definition) is 2. The summed E-state index contributed by atoms with van der Waals surface area (Å²) in [5, 5.41) is 0. The van der Waals surface area contributed by atoms with E-state index in [1.54, 1.807) is 0 Å². The van der Waals surface area contributed by atoms with Crippen LogP contribution >= 0.6 is 0 Å². The van der Waals surface area contributed by atoms with Gasteiger partial charge in [-0.2, -0.15) is 0 Å². The molecule has 2 atom stereocenters. The quantitative estimate of drug-likeness (QED) is 0.354. The van der Waals surface area contributed by atoms with Gasteiger partial charge in [0.1, 0.15) is 6.10 Å². The van der Waals surface area contributed by atoms with Gasteiger partial charge >= 0.3 is 5.97 Å². The molecule has 0 radical (unpaired) electrons. The van der Waals surface area contributed by atoms with Crippen molar-refractivity contribution in [2.24, 2.45) is 5.92 Å². The second kappa shape index (κ2) is 1.59. The summed E-state index contributed by atoms with van der Waals surface area (Å²) in [4.78, 5) is 10.8. The summed E-state index contributed by atoms with van der Waals surface area (Å²) >= 11 is 0. The first-order valence-corrected chi connectivity index (χ1v) is 3.23. The number of hydrogen-bond donors (Lipinski definition) is 0. The Morgan fingerprint density at radius 3 is 3.22 bits per heavy atom. The molecule has 0 amide bonds. The number of ether oxygens (including phenoxy) is 1. The number of allylic oxidation sites excluding steroid dienone is 1. The topological polar surface area (TPSA) is 26.3 Å². The molecule has 0 unspecified atom stereocenters. The van der Waals surface area contributed by atoms with Crippen LogP contribution in [0.1, 0.15) is 12.8 Å². The molecule has 0 aromatic rings. The summed E-state index contributed by atoms with van der Waals surface area (Å²) in [5.74, 6) is 0.171. The predicted octanol–water partition coefficient (Wildman–Crippen LogP) is 0.878. The minimum atomic E-state index is -0.00926. The van der Waals surface area contributed by atoms with Gasteiger partial charge in [-0.3, -0.25) is 4.79 Å². The van der Waals surface area contributed by atoms with E-state index in [0.29, 0.717) is 0 Å². The minimum Gasteiger partial charge on any atom is -0.458 e. The fraction of sp³-hybridized carbons (Fsp3) is 0.571. The fourth-order valence-corrected chi connectivity index (χ4v) is 1.38. The molecule has 2 nitrogen and oxygen atoms in total.